The molecule has 31 heavy (non-hydrogen) atoms. The molecule has 1 saturated heterocycles. The summed E-state index contributed by atoms with van der Waals surface area (Å²) in [6.07, 6.45) is 2.96. The number of benzene rings is 2. The molecule has 4 nitrogen and oxygen atoms in total. The number of anilines is 1. The molecule has 0 bridgehead atoms. The van der Waals surface area contributed by atoms with Crippen molar-refractivity contribution in [2.24, 2.45) is 0 Å². The van der Waals surface area contributed by atoms with Crippen LogP contribution in [0.5, 0.6) is 0 Å². The monoisotopic (exact) mass is 498 g/mol. The van der Waals surface area contributed by atoms with Crippen molar-refractivity contribution in [2.45, 2.75) is 52.1 Å². The van der Waals surface area contributed by atoms with Gasteiger partial charge in [0.25, 0.3) is 11.1 Å². The van der Waals surface area contributed by atoms with Gasteiger partial charge in [-0.25, -0.2) is 0 Å². The van der Waals surface area contributed by atoms with Gasteiger partial charge >= 0.3 is 0 Å². The smallest absolute Gasteiger partial charge is 0.293 e. The third kappa shape index (κ3) is 4.20. The van der Waals surface area contributed by atoms with Crippen molar-refractivity contribution < 1.29 is 9.59 Å². The van der Waals surface area contributed by atoms with Crippen LogP contribution in [-0.2, 0) is 11.3 Å². The second kappa shape index (κ2) is 8.14. The van der Waals surface area contributed by atoms with E-state index in [1.165, 1.54) is 16.2 Å². The molecule has 2 aromatic rings. The van der Waals surface area contributed by atoms with Gasteiger partial charge < -0.3 is 4.90 Å². The number of hydrogen-bond acceptors (Lipinski definition) is 4. The summed E-state index contributed by atoms with van der Waals surface area (Å²) in [5.41, 5.74) is 5.70. The minimum atomic E-state index is -0.221. The number of hydrogen-bond donors (Lipinski definition) is 0. The summed E-state index contributed by atoms with van der Waals surface area (Å²) < 4.78 is 0.969. The lowest BCUT2D eigenvalue weighted by Gasteiger charge is -2.45. The fourth-order valence-electron chi connectivity index (χ4n) is 4.44. The highest BCUT2D eigenvalue weighted by atomic mass is 79.9. The Kier molecular flexibility index (Phi) is 5.81. The zero-order valence-electron chi connectivity index (χ0n) is 18.5. The normalized spacial score (nSPS) is 21.7. The van der Waals surface area contributed by atoms with E-state index < -0.39 is 0 Å². The first-order valence-electron chi connectivity index (χ1n) is 10.4. The first-order chi connectivity index (χ1) is 14.6. The lowest BCUT2D eigenvalue weighted by molar-refractivity contribution is -0.123. The Hall–Kier alpha value is -2.05. The van der Waals surface area contributed by atoms with Gasteiger partial charge in [0.05, 0.1) is 11.4 Å². The number of aryl methyl sites for hydroxylation is 1. The van der Waals surface area contributed by atoms with Gasteiger partial charge in [-0.05, 0) is 97.5 Å². The van der Waals surface area contributed by atoms with E-state index >= 15 is 0 Å². The van der Waals surface area contributed by atoms with Gasteiger partial charge in [0.1, 0.15) is 0 Å². The van der Waals surface area contributed by atoms with Crippen molar-refractivity contribution in [1.29, 1.82) is 0 Å². The summed E-state index contributed by atoms with van der Waals surface area (Å²) >= 11 is 4.44. The van der Waals surface area contributed by atoms with Gasteiger partial charge in [-0.3, -0.25) is 14.5 Å². The summed E-state index contributed by atoms with van der Waals surface area (Å²) in [6, 6.07) is 12.1. The third-order valence-corrected chi connectivity index (χ3v) is 7.87. The number of nitrogens with zero attached hydrogens (tertiary/aromatic N) is 2. The molecule has 6 heteroatoms. The summed E-state index contributed by atoms with van der Waals surface area (Å²) in [6.45, 7) is 9.17. The standard InChI is InChI=1S/C25H27BrN2O2S/c1-15-10-21-20(16(2)13-25(3,4)27(21)5)11-18(15)12-22-23(29)28(24(30)31-22)14-17-6-8-19(26)9-7-17/h6-12,16H,13-14H2,1-5H3/b22-12-. The number of carbonyl (C=O) groups excluding carboxylic acids is 2. The summed E-state index contributed by atoms with van der Waals surface area (Å²) in [5, 5.41) is -0.218. The van der Waals surface area contributed by atoms with E-state index in [9.17, 15) is 9.59 Å². The number of thioether (sulfide) groups is 1. The molecule has 162 valence electrons. The number of carbonyl (C=O) groups is 2. The lowest BCUT2D eigenvalue weighted by Crippen LogP contribution is -2.45. The number of imide groups is 1. The zero-order valence-corrected chi connectivity index (χ0v) is 20.9. The topological polar surface area (TPSA) is 40.6 Å². The molecule has 2 aromatic carbocycles. The number of amides is 2. The molecule has 0 aromatic heterocycles. The Bertz CT molecular complexity index is 1090. The van der Waals surface area contributed by atoms with Crippen molar-refractivity contribution in [3.63, 3.8) is 0 Å². The van der Waals surface area contributed by atoms with E-state index in [2.05, 4.69) is 67.7 Å². The first kappa shape index (κ1) is 22.2. The molecule has 2 heterocycles. The fourth-order valence-corrected chi connectivity index (χ4v) is 5.53. The van der Waals surface area contributed by atoms with Crippen molar-refractivity contribution in [3.8, 4) is 0 Å². The Morgan fingerprint density at radius 1 is 1.19 bits per heavy atom. The molecule has 0 saturated carbocycles. The van der Waals surface area contributed by atoms with E-state index in [0.29, 0.717) is 10.8 Å². The SMILES string of the molecule is Cc1cc2c(cc1/C=C1\SC(=O)N(Cc3ccc(Br)cc3)C1=O)C(C)CC(C)(C)N2C. The van der Waals surface area contributed by atoms with Crippen LogP contribution < -0.4 is 4.90 Å². The summed E-state index contributed by atoms with van der Waals surface area (Å²) in [5.74, 6) is 0.211. The predicted molar refractivity (Wildman–Crippen MR) is 132 cm³/mol. The number of halogens is 1. The Balaban J connectivity index is 1.63. The van der Waals surface area contributed by atoms with E-state index in [-0.39, 0.29) is 23.2 Å². The molecular formula is C25H27BrN2O2S. The van der Waals surface area contributed by atoms with Crippen LogP contribution in [0.25, 0.3) is 6.08 Å². The van der Waals surface area contributed by atoms with Crippen LogP contribution >= 0.6 is 27.7 Å². The molecule has 0 N–H and O–H groups in total. The molecule has 1 atom stereocenters. The lowest BCUT2D eigenvalue weighted by atomic mass is 9.79. The van der Waals surface area contributed by atoms with E-state index in [1.807, 2.05) is 30.3 Å². The quantitative estimate of drug-likeness (QED) is 0.440. The maximum Gasteiger partial charge on any atom is 0.293 e. The summed E-state index contributed by atoms with van der Waals surface area (Å²) in [7, 11) is 2.15. The van der Waals surface area contributed by atoms with Gasteiger partial charge in [-0.15, -0.1) is 0 Å². The highest BCUT2D eigenvalue weighted by Gasteiger charge is 2.36. The maximum atomic E-state index is 13.0. The summed E-state index contributed by atoms with van der Waals surface area (Å²) in [4.78, 5) is 29.7. The molecular weight excluding hydrogens is 472 g/mol. The average Bonchev–Trinajstić information content (AvgIpc) is 2.96. The van der Waals surface area contributed by atoms with Gasteiger partial charge in [-0.1, -0.05) is 35.0 Å². The molecule has 1 fully saturated rings. The van der Waals surface area contributed by atoms with Crippen LogP contribution in [-0.4, -0.2) is 28.6 Å². The highest BCUT2D eigenvalue weighted by molar-refractivity contribution is 9.10. The zero-order chi connectivity index (χ0) is 22.5. The highest BCUT2D eigenvalue weighted by Crippen LogP contribution is 2.44. The second-order valence-electron chi connectivity index (χ2n) is 9.14. The molecule has 2 aliphatic heterocycles. The van der Waals surface area contributed by atoms with E-state index in [1.54, 1.807) is 0 Å². The van der Waals surface area contributed by atoms with Gasteiger partial charge in [0.2, 0.25) is 0 Å². The molecule has 0 spiro atoms. The van der Waals surface area contributed by atoms with Crippen LogP contribution in [0.15, 0.2) is 45.8 Å². The predicted octanol–water partition coefficient (Wildman–Crippen LogP) is 6.72. The van der Waals surface area contributed by atoms with Crippen LogP contribution in [0.3, 0.4) is 0 Å². The molecule has 4 rings (SSSR count). The molecule has 0 aliphatic carbocycles. The van der Waals surface area contributed by atoms with Crippen molar-refractivity contribution in [3.05, 3.63) is 68.0 Å². The molecule has 1 unspecified atom stereocenters. The van der Waals surface area contributed by atoms with Crippen molar-refractivity contribution in [1.82, 2.24) is 4.90 Å². The maximum absolute atomic E-state index is 13.0. The largest absolute Gasteiger partial charge is 0.369 e. The molecule has 2 amide bonds. The Morgan fingerprint density at radius 2 is 1.87 bits per heavy atom. The Morgan fingerprint density at radius 3 is 2.55 bits per heavy atom. The van der Waals surface area contributed by atoms with Crippen LogP contribution in [0, 0.1) is 6.92 Å². The van der Waals surface area contributed by atoms with Crippen LogP contribution in [0.4, 0.5) is 10.5 Å². The minimum absolute atomic E-state index is 0.107. The van der Waals surface area contributed by atoms with Crippen molar-refractivity contribution in [2.75, 3.05) is 11.9 Å². The Labute approximate surface area is 196 Å². The molecule has 0 radical (unpaired) electrons. The van der Waals surface area contributed by atoms with E-state index in [4.69, 9.17) is 0 Å². The van der Waals surface area contributed by atoms with Crippen molar-refractivity contribution >= 4 is 50.6 Å². The number of fused-ring (bicyclic) bond motifs is 1. The fraction of sp³-hybridized carbons (Fsp3) is 0.360. The second-order valence-corrected chi connectivity index (χ2v) is 11.0. The van der Waals surface area contributed by atoms with Gasteiger partial charge in [-0.2, -0.15) is 0 Å². The average molecular weight is 499 g/mol. The molecule has 2 aliphatic rings. The van der Waals surface area contributed by atoms with Gasteiger partial charge in [0.15, 0.2) is 0 Å². The van der Waals surface area contributed by atoms with E-state index in [0.717, 1.165) is 39.3 Å². The van der Waals surface area contributed by atoms with Crippen LogP contribution in [0.1, 0.15) is 55.4 Å². The third-order valence-electron chi connectivity index (χ3n) is 6.44. The number of rotatable bonds is 3. The minimum Gasteiger partial charge on any atom is -0.369 e. The van der Waals surface area contributed by atoms with Gasteiger partial charge in [0, 0.05) is 22.7 Å². The van der Waals surface area contributed by atoms with Crippen LogP contribution in [0.2, 0.25) is 0 Å². The first-order valence-corrected chi connectivity index (χ1v) is 12.1.